The van der Waals surface area contributed by atoms with Crippen molar-refractivity contribution in [3.63, 3.8) is 0 Å². The summed E-state index contributed by atoms with van der Waals surface area (Å²) in [6, 6.07) is 7.42. The van der Waals surface area contributed by atoms with Crippen LogP contribution in [0.3, 0.4) is 0 Å². The van der Waals surface area contributed by atoms with Gasteiger partial charge in [-0.05, 0) is 38.1 Å². The molecule has 3 aliphatic heterocycles. The first-order chi connectivity index (χ1) is 16.1. The maximum atomic E-state index is 12.9. The average molecular weight is 461 g/mol. The molecule has 3 aliphatic rings. The smallest absolute Gasteiger partial charge is 0.257 e. The minimum Gasteiger partial charge on any atom is -0.496 e. The fourth-order valence-corrected chi connectivity index (χ4v) is 5.27. The molecule has 1 aromatic carbocycles. The van der Waals surface area contributed by atoms with Crippen molar-refractivity contribution in [1.29, 1.82) is 0 Å². The van der Waals surface area contributed by atoms with Crippen molar-refractivity contribution < 1.29 is 19.4 Å². The molecular formula is C25H40N4O4. The topological polar surface area (TPSA) is 68.7 Å². The van der Waals surface area contributed by atoms with Crippen LogP contribution in [-0.4, -0.2) is 129 Å². The zero-order valence-corrected chi connectivity index (χ0v) is 20.0. The van der Waals surface area contributed by atoms with E-state index < -0.39 is 0 Å². The second kappa shape index (κ2) is 12.1. The van der Waals surface area contributed by atoms with Gasteiger partial charge in [0.15, 0.2) is 0 Å². The molecular weight excluding hydrogens is 420 g/mol. The third kappa shape index (κ3) is 6.90. The molecule has 0 aliphatic carbocycles. The molecule has 3 heterocycles. The number of carbonyl (C=O) groups is 1. The summed E-state index contributed by atoms with van der Waals surface area (Å²) in [5.41, 5.74) is 0.628. The minimum atomic E-state index is -0.300. The van der Waals surface area contributed by atoms with Crippen molar-refractivity contribution in [2.75, 3.05) is 85.7 Å². The molecule has 8 nitrogen and oxygen atoms in total. The highest BCUT2D eigenvalue weighted by Gasteiger charge is 2.28. The van der Waals surface area contributed by atoms with Crippen molar-refractivity contribution in [3.05, 3.63) is 29.8 Å². The predicted octanol–water partition coefficient (Wildman–Crippen LogP) is 1.00. The summed E-state index contributed by atoms with van der Waals surface area (Å²) in [5, 5.41) is 10.6. The summed E-state index contributed by atoms with van der Waals surface area (Å²) in [7, 11) is 1.60. The Kier molecular flexibility index (Phi) is 8.97. The highest BCUT2D eigenvalue weighted by atomic mass is 16.5. The van der Waals surface area contributed by atoms with Crippen LogP contribution in [0.2, 0.25) is 0 Å². The number of likely N-dealkylation sites (tertiary alicyclic amines) is 1. The largest absolute Gasteiger partial charge is 0.496 e. The number of methoxy groups -OCH3 is 1. The van der Waals surface area contributed by atoms with Gasteiger partial charge in [-0.2, -0.15) is 0 Å². The normalized spacial score (nSPS) is 24.5. The lowest BCUT2D eigenvalue weighted by Gasteiger charge is -2.40. The molecule has 33 heavy (non-hydrogen) atoms. The van der Waals surface area contributed by atoms with Crippen LogP contribution in [0.1, 0.15) is 29.6 Å². The second-order valence-corrected chi connectivity index (χ2v) is 9.56. The zero-order chi connectivity index (χ0) is 23.0. The van der Waals surface area contributed by atoms with Crippen LogP contribution in [0.5, 0.6) is 5.75 Å². The molecule has 4 rings (SSSR count). The van der Waals surface area contributed by atoms with Crippen LogP contribution in [0.15, 0.2) is 24.3 Å². The van der Waals surface area contributed by atoms with E-state index in [4.69, 9.17) is 9.47 Å². The Morgan fingerprint density at radius 1 is 1.00 bits per heavy atom. The van der Waals surface area contributed by atoms with E-state index in [1.165, 1.54) is 19.3 Å². The van der Waals surface area contributed by atoms with Crippen LogP contribution in [-0.2, 0) is 4.74 Å². The van der Waals surface area contributed by atoms with E-state index in [-0.39, 0.29) is 18.1 Å². The average Bonchev–Trinajstić information content (AvgIpc) is 2.85. The molecule has 0 saturated carbocycles. The molecule has 0 aromatic heterocycles. The summed E-state index contributed by atoms with van der Waals surface area (Å²) in [6.07, 6.45) is 3.68. The van der Waals surface area contributed by atoms with Gasteiger partial charge in [0.25, 0.3) is 5.91 Å². The summed E-state index contributed by atoms with van der Waals surface area (Å²) in [6.45, 7) is 10.2. The number of piperidine rings is 1. The van der Waals surface area contributed by atoms with E-state index in [9.17, 15) is 9.90 Å². The van der Waals surface area contributed by atoms with E-state index >= 15 is 0 Å². The first-order valence-electron chi connectivity index (χ1n) is 12.5. The Bertz CT molecular complexity index is 750. The SMILES string of the molecule is COc1ccccc1C(=O)N1CCN(CC2CN(CC(O)CN3CCCCC3)CCO2)CC1. The maximum Gasteiger partial charge on any atom is 0.257 e. The van der Waals surface area contributed by atoms with Crippen molar-refractivity contribution in [2.24, 2.45) is 0 Å². The third-order valence-electron chi connectivity index (χ3n) is 7.07. The van der Waals surface area contributed by atoms with Crippen molar-refractivity contribution in [1.82, 2.24) is 19.6 Å². The number of piperazine rings is 1. The Hall–Kier alpha value is -1.71. The van der Waals surface area contributed by atoms with Crippen molar-refractivity contribution >= 4 is 5.91 Å². The quantitative estimate of drug-likeness (QED) is 0.621. The number of morpholine rings is 1. The Balaban J connectivity index is 1.19. The van der Waals surface area contributed by atoms with Crippen LogP contribution >= 0.6 is 0 Å². The fraction of sp³-hybridized carbons (Fsp3) is 0.720. The molecule has 1 aromatic rings. The van der Waals surface area contributed by atoms with Crippen molar-refractivity contribution in [2.45, 2.75) is 31.5 Å². The lowest BCUT2D eigenvalue weighted by atomic mass is 10.1. The van der Waals surface area contributed by atoms with Crippen LogP contribution in [0.25, 0.3) is 0 Å². The predicted molar refractivity (Wildman–Crippen MR) is 128 cm³/mol. The number of benzene rings is 1. The molecule has 3 fully saturated rings. The van der Waals surface area contributed by atoms with E-state index in [1.807, 2.05) is 29.2 Å². The Morgan fingerprint density at radius 3 is 2.48 bits per heavy atom. The highest BCUT2D eigenvalue weighted by Crippen LogP contribution is 2.20. The number of carbonyl (C=O) groups excluding carboxylic acids is 1. The number of nitrogens with zero attached hydrogens (tertiary/aromatic N) is 4. The lowest BCUT2D eigenvalue weighted by molar-refractivity contribution is -0.0586. The van der Waals surface area contributed by atoms with Crippen LogP contribution < -0.4 is 4.74 Å². The molecule has 0 radical (unpaired) electrons. The second-order valence-electron chi connectivity index (χ2n) is 9.56. The van der Waals surface area contributed by atoms with Gasteiger partial charge in [-0.25, -0.2) is 0 Å². The fourth-order valence-electron chi connectivity index (χ4n) is 5.27. The Morgan fingerprint density at radius 2 is 1.73 bits per heavy atom. The van der Waals surface area contributed by atoms with Crippen LogP contribution in [0, 0.1) is 0 Å². The highest BCUT2D eigenvalue weighted by molar-refractivity contribution is 5.97. The van der Waals surface area contributed by atoms with Crippen LogP contribution in [0.4, 0.5) is 0 Å². The summed E-state index contributed by atoms with van der Waals surface area (Å²) >= 11 is 0. The molecule has 0 spiro atoms. The number of hydrogen-bond donors (Lipinski definition) is 1. The number of hydrogen-bond acceptors (Lipinski definition) is 7. The molecule has 1 amide bonds. The summed E-state index contributed by atoms with van der Waals surface area (Å²) < 4.78 is 11.4. The van der Waals surface area contributed by atoms with Gasteiger partial charge >= 0.3 is 0 Å². The van der Waals surface area contributed by atoms with E-state index in [2.05, 4.69) is 14.7 Å². The molecule has 2 unspecified atom stereocenters. The van der Waals surface area contributed by atoms with Crippen molar-refractivity contribution in [3.8, 4) is 5.75 Å². The standard InChI is InChI=1S/C25H40N4O4/c1-32-24-8-4-3-7-23(24)25(31)29-13-11-27(12-14-29)19-22-20-28(15-16-33-22)18-21(30)17-26-9-5-2-6-10-26/h3-4,7-8,21-22,30H,2,5-6,9-20H2,1H3. The van der Waals surface area contributed by atoms with Gasteiger partial charge in [0, 0.05) is 58.9 Å². The van der Waals surface area contributed by atoms with Gasteiger partial charge in [0.2, 0.25) is 0 Å². The lowest BCUT2D eigenvalue weighted by Crippen LogP contribution is -2.54. The van der Waals surface area contributed by atoms with Gasteiger partial charge in [-0.15, -0.1) is 0 Å². The zero-order valence-electron chi connectivity index (χ0n) is 20.0. The molecule has 184 valence electrons. The third-order valence-corrected chi connectivity index (χ3v) is 7.07. The van der Waals surface area contributed by atoms with Gasteiger partial charge in [-0.3, -0.25) is 14.6 Å². The monoisotopic (exact) mass is 460 g/mol. The number of aliphatic hydroxyl groups is 1. The van der Waals surface area contributed by atoms with Gasteiger partial charge in [0.05, 0.1) is 31.5 Å². The van der Waals surface area contributed by atoms with Gasteiger partial charge in [0.1, 0.15) is 5.75 Å². The number of amides is 1. The number of ether oxygens (including phenoxy) is 2. The summed E-state index contributed by atoms with van der Waals surface area (Å²) in [4.78, 5) is 22.0. The summed E-state index contributed by atoms with van der Waals surface area (Å²) in [5.74, 6) is 0.665. The molecule has 8 heteroatoms. The Labute approximate surface area is 198 Å². The number of β-amino-alcohol motifs (C(OH)–C–C–N with tert-alkyl or cyclic N) is 1. The van der Waals surface area contributed by atoms with Gasteiger partial charge < -0.3 is 24.4 Å². The number of rotatable bonds is 8. The first kappa shape index (κ1) is 24.4. The molecule has 3 saturated heterocycles. The molecule has 2 atom stereocenters. The molecule has 1 N–H and O–H groups in total. The molecule has 0 bridgehead atoms. The van der Waals surface area contributed by atoms with E-state index in [1.54, 1.807) is 7.11 Å². The van der Waals surface area contributed by atoms with E-state index in [0.29, 0.717) is 31.0 Å². The van der Waals surface area contributed by atoms with E-state index in [0.717, 1.165) is 58.9 Å². The number of para-hydroxylation sites is 1. The van der Waals surface area contributed by atoms with Gasteiger partial charge in [-0.1, -0.05) is 18.6 Å². The maximum absolute atomic E-state index is 12.9. The number of aliphatic hydroxyl groups excluding tert-OH is 1. The first-order valence-corrected chi connectivity index (χ1v) is 12.5. The minimum absolute atomic E-state index is 0.0369.